The molecular weight excluding hydrogens is 537 g/mol. The van der Waals surface area contributed by atoms with Crippen LogP contribution in [0.4, 0.5) is 13.2 Å². The second-order valence-electron chi connectivity index (χ2n) is 13.0. The van der Waals surface area contributed by atoms with E-state index in [1.165, 1.54) is 77.0 Å². The van der Waals surface area contributed by atoms with E-state index in [-0.39, 0.29) is 11.4 Å². The second-order valence-corrected chi connectivity index (χ2v) is 13.0. The Labute approximate surface area is 259 Å². The first-order chi connectivity index (χ1) is 21.0. The molecule has 0 aliphatic heterocycles. The van der Waals surface area contributed by atoms with Gasteiger partial charge in [-0.05, 0) is 84.2 Å². The number of unbranched alkanes of at least 4 members (excludes halogenated alkanes) is 10. The fourth-order valence-corrected chi connectivity index (χ4v) is 6.96. The molecule has 0 nitrogen and oxygen atoms in total. The first-order valence-electron chi connectivity index (χ1n) is 17.4. The topological polar surface area (TPSA) is 0 Å². The van der Waals surface area contributed by atoms with Gasteiger partial charge in [-0.3, -0.25) is 0 Å². The number of benzene rings is 3. The highest BCUT2D eigenvalue weighted by atomic mass is 19.2. The van der Waals surface area contributed by atoms with Crippen molar-refractivity contribution in [2.24, 2.45) is 5.92 Å². The minimum atomic E-state index is -0.782. The summed E-state index contributed by atoms with van der Waals surface area (Å²) in [7, 11) is 0. The Hall–Kier alpha value is -2.55. The third-order valence-electron chi connectivity index (χ3n) is 9.74. The molecule has 0 radical (unpaired) electrons. The summed E-state index contributed by atoms with van der Waals surface area (Å²) in [6.07, 6.45) is 21.2. The van der Waals surface area contributed by atoms with Gasteiger partial charge in [-0.1, -0.05) is 139 Å². The zero-order valence-corrected chi connectivity index (χ0v) is 26.7. The maximum absolute atomic E-state index is 15.3. The lowest BCUT2D eigenvalue weighted by Crippen LogP contribution is -2.14. The van der Waals surface area contributed by atoms with Gasteiger partial charge in [-0.2, -0.15) is 0 Å². The normalized spacial score (nSPS) is 17.0. The largest absolute Gasteiger partial charge is 0.207 e. The van der Waals surface area contributed by atoms with E-state index in [0.717, 1.165) is 54.7 Å². The minimum Gasteiger partial charge on any atom is -0.207 e. The van der Waals surface area contributed by atoms with E-state index in [1.54, 1.807) is 30.3 Å². The average molecular weight is 591 g/mol. The third kappa shape index (κ3) is 9.72. The zero-order chi connectivity index (χ0) is 30.4. The number of aryl methyl sites for hydroxylation is 1. The van der Waals surface area contributed by atoms with Crippen LogP contribution >= 0.6 is 0 Å². The van der Waals surface area contributed by atoms with E-state index in [0.29, 0.717) is 23.5 Å². The van der Waals surface area contributed by atoms with Crippen molar-refractivity contribution in [1.29, 1.82) is 0 Å². The quantitative estimate of drug-likeness (QED) is 0.137. The molecule has 4 rings (SSSR count). The zero-order valence-electron chi connectivity index (χ0n) is 26.7. The Morgan fingerprint density at radius 2 is 1.14 bits per heavy atom. The molecule has 0 spiro atoms. The smallest absolute Gasteiger partial charge is 0.166 e. The molecule has 1 aliphatic rings. The van der Waals surface area contributed by atoms with Crippen molar-refractivity contribution < 1.29 is 13.2 Å². The summed E-state index contributed by atoms with van der Waals surface area (Å²) in [4.78, 5) is 0. The van der Waals surface area contributed by atoms with Crippen LogP contribution in [0.5, 0.6) is 0 Å². The molecule has 1 fully saturated rings. The molecule has 0 heterocycles. The van der Waals surface area contributed by atoms with Crippen LogP contribution in [0.25, 0.3) is 22.3 Å². The van der Waals surface area contributed by atoms with Gasteiger partial charge in [0, 0.05) is 5.56 Å². The van der Waals surface area contributed by atoms with E-state index in [9.17, 15) is 4.39 Å². The molecule has 0 bridgehead atoms. The van der Waals surface area contributed by atoms with Crippen molar-refractivity contribution >= 4 is 0 Å². The monoisotopic (exact) mass is 590 g/mol. The lowest BCUT2D eigenvalue weighted by molar-refractivity contribution is 0.298. The lowest BCUT2D eigenvalue weighted by atomic mass is 9.76. The van der Waals surface area contributed by atoms with Crippen molar-refractivity contribution in [2.75, 3.05) is 0 Å². The summed E-state index contributed by atoms with van der Waals surface area (Å²) in [6, 6.07) is 16.4. The Bertz CT molecular complexity index is 1240. The molecule has 0 unspecified atom stereocenters. The summed E-state index contributed by atoms with van der Waals surface area (Å²) in [5.41, 5.74) is 3.88. The maximum Gasteiger partial charge on any atom is 0.166 e. The summed E-state index contributed by atoms with van der Waals surface area (Å²) < 4.78 is 45.3. The highest BCUT2D eigenvalue weighted by Gasteiger charge is 2.24. The van der Waals surface area contributed by atoms with Crippen LogP contribution in [0.3, 0.4) is 0 Å². The predicted molar refractivity (Wildman–Crippen MR) is 177 cm³/mol. The van der Waals surface area contributed by atoms with Crippen molar-refractivity contribution in [3.63, 3.8) is 0 Å². The fourth-order valence-electron chi connectivity index (χ4n) is 6.96. The number of halogens is 3. The van der Waals surface area contributed by atoms with E-state index in [1.807, 2.05) is 24.3 Å². The standard InChI is InChI=1S/C40H53F3/c1-3-5-7-9-10-11-12-14-16-34-25-28-37(40(43)39(34)42)33-23-21-31(22-24-33)35-26-27-36(38(41)29-35)32-19-17-30(18-20-32)15-13-8-6-4-2/h21-30,32H,3-20H2,1-2H3. The molecule has 1 saturated carbocycles. The van der Waals surface area contributed by atoms with Gasteiger partial charge in [0.05, 0.1) is 0 Å². The van der Waals surface area contributed by atoms with Crippen LogP contribution in [0.15, 0.2) is 54.6 Å². The molecule has 0 atom stereocenters. The Balaban J connectivity index is 1.31. The van der Waals surface area contributed by atoms with E-state index < -0.39 is 11.6 Å². The van der Waals surface area contributed by atoms with Gasteiger partial charge in [-0.15, -0.1) is 0 Å². The molecule has 0 amide bonds. The van der Waals surface area contributed by atoms with Gasteiger partial charge in [0.2, 0.25) is 0 Å². The molecule has 3 heteroatoms. The van der Waals surface area contributed by atoms with Crippen molar-refractivity contribution in [1.82, 2.24) is 0 Å². The Morgan fingerprint density at radius 1 is 0.558 bits per heavy atom. The van der Waals surface area contributed by atoms with Crippen LogP contribution < -0.4 is 0 Å². The van der Waals surface area contributed by atoms with E-state index in [4.69, 9.17) is 0 Å². The fraction of sp³-hybridized carbons (Fsp3) is 0.550. The maximum atomic E-state index is 15.3. The number of hydrogen-bond donors (Lipinski definition) is 0. The van der Waals surface area contributed by atoms with Gasteiger partial charge in [-0.25, -0.2) is 13.2 Å². The van der Waals surface area contributed by atoms with Gasteiger partial charge in [0.1, 0.15) is 5.82 Å². The summed E-state index contributed by atoms with van der Waals surface area (Å²) in [6.45, 7) is 4.47. The molecule has 3 aromatic rings. The number of rotatable bonds is 17. The highest BCUT2D eigenvalue weighted by Crippen LogP contribution is 2.39. The minimum absolute atomic E-state index is 0.131. The van der Waals surface area contributed by atoms with Crippen molar-refractivity contribution in [3.05, 3.63) is 83.2 Å². The summed E-state index contributed by atoms with van der Waals surface area (Å²) >= 11 is 0. The highest BCUT2D eigenvalue weighted by molar-refractivity contribution is 5.71. The van der Waals surface area contributed by atoms with Gasteiger partial charge in [0.25, 0.3) is 0 Å². The third-order valence-corrected chi connectivity index (χ3v) is 9.74. The molecular formula is C40H53F3. The van der Waals surface area contributed by atoms with Crippen LogP contribution in [-0.4, -0.2) is 0 Å². The van der Waals surface area contributed by atoms with Gasteiger partial charge < -0.3 is 0 Å². The number of hydrogen-bond acceptors (Lipinski definition) is 0. The van der Waals surface area contributed by atoms with Crippen molar-refractivity contribution in [3.8, 4) is 22.3 Å². The summed E-state index contributed by atoms with van der Waals surface area (Å²) in [5, 5.41) is 0. The molecule has 1 aliphatic carbocycles. The molecule has 43 heavy (non-hydrogen) atoms. The van der Waals surface area contributed by atoms with Crippen LogP contribution in [-0.2, 0) is 6.42 Å². The Kier molecular flexibility index (Phi) is 13.7. The Morgan fingerprint density at radius 3 is 1.79 bits per heavy atom. The predicted octanol–water partition coefficient (Wildman–Crippen LogP) is 13.4. The second kappa shape index (κ2) is 17.7. The van der Waals surface area contributed by atoms with Crippen molar-refractivity contribution in [2.45, 2.75) is 135 Å². The summed E-state index contributed by atoms with van der Waals surface area (Å²) in [5.74, 6) is -0.533. The molecule has 0 aromatic heterocycles. The molecule has 234 valence electrons. The SMILES string of the molecule is CCCCCCCCCCc1ccc(-c2ccc(-c3ccc(C4CCC(CCCCCC)CC4)c(F)c3)cc2)c(F)c1F. The lowest BCUT2D eigenvalue weighted by Gasteiger charge is -2.29. The molecule has 0 N–H and O–H groups in total. The first kappa shape index (κ1) is 33.3. The van der Waals surface area contributed by atoms with Crippen LogP contribution in [0.2, 0.25) is 0 Å². The van der Waals surface area contributed by atoms with Crippen LogP contribution in [0, 0.1) is 23.4 Å². The van der Waals surface area contributed by atoms with E-state index >= 15 is 8.78 Å². The molecule has 0 saturated heterocycles. The van der Waals surface area contributed by atoms with Gasteiger partial charge >= 0.3 is 0 Å². The van der Waals surface area contributed by atoms with E-state index in [2.05, 4.69) is 13.8 Å². The van der Waals surface area contributed by atoms with Gasteiger partial charge in [0.15, 0.2) is 11.6 Å². The molecule has 3 aromatic carbocycles. The van der Waals surface area contributed by atoms with Crippen LogP contribution in [0.1, 0.15) is 140 Å². The first-order valence-corrected chi connectivity index (χ1v) is 17.4. The average Bonchev–Trinajstić information content (AvgIpc) is 3.03.